The number of carbonyl (C=O) groups excluding carboxylic acids is 1. The van der Waals surface area contributed by atoms with Crippen molar-refractivity contribution in [3.8, 4) is 5.69 Å². The van der Waals surface area contributed by atoms with Gasteiger partial charge in [0.05, 0.1) is 11.0 Å². The third-order valence-corrected chi connectivity index (χ3v) is 4.36. The lowest BCUT2D eigenvalue weighted by Crippen LogP contribution is -2.29. The van der Waals surface area contributed by atoms with Gasteiger partial charge in [0.15, 0.2) is 0 Å². The average Bonchev–Trinajstić information content (AvgIpc) is 2.99. The Morgan fingerprint density at radius 2 is 1.83 bits per heavy atom. The fourth-order valence-corrected chi connectivity index (χ4v) is 2.33. The van der Waals surface area contributed by atoms with E-state index in [2.05, 4.69) is 10.3 Å². The summed E-state index contributed by atoms with van der Waals surface area (Å²) in [5.74, 6) is 0.0424. The first-order valence-electron chi connectivity index (χ1n) is 7.85. The summed E-state index contributed by atoms with van der Waals surface area (Å²) < 4.78 is 2.04. The average molecular weight is 307 g/mol. The molecule has 0 radical (unpaired) electrons. The first-order valence-corrected chi connectivity index (χ1v) is 7.85. The molecule has 0 aliphatic rings. The van der Waals surface area contributed by atoms with Crippen molar-refractivity contribution in [1.29, 1.82) is 0 Å². The lowest BCUT2D eigenvalue weighted by atomic mass is 9.89. The standard InChI is InChI=1S/C19H21N3O/c1-4-19(2,3)18(23)21-14-9-11-15(12-10-14)22-13-20-16-7-5-6-8-17(16)22/h5-13H,4H2,1-3H3,(H,21,23). The highest BCUT2D eigenvalue weighted by atomic mass is 16.2. The smallest absolute Gasteiger partial charge is 0.230 e. The molecule has 0 aliphatic carbocycles. The van der Waals surface area contributed by atoms with Crippen LogP contribution in [0.1, 0.15) is 27.2 Å². The van der Waals surface area contributed by atoms with Crippen LogP contribution in [0.2, 0.25) is 0 Å². The number of carbonyl (C=O) groups is 1. The van der Waals surface area contributed by atoms with Gasteiger partial charge in [-0.1, -0.05) is 32.9 Å². The van der Waals surface area contributed by atoms with Crippen molar-refractivity contribution >= 4 is 22.6 Å². The molecule has 0 fully saturated rings. The van der Waals surface area contributed by atoms with Crippen LogP contribution < -0.4 is 5.32 Å². The minimum atomic E-state index is -0.362. The number of aromatic nitrogens is 2. The van der Waals surface area contributed by atoms with E-state index in [1.165, 1.54) is 0 Å². The first kappa shape index (κ1) is 15.3. The van der Waals surface area contributed by atoms with E-state index in [9.17, 15) is 4.79 Å². The molecule has 2 aromatic carbocycles. The van der Waals surface area contributed by atoms with E-state index in [1.807, 2.05) is 80.2 Å². The molecule has 0 unspecified atom stereocenters. The van der Waals surface area contributed by atoms with Crippen molar-refractivity contribution in [1.82, 2.24) is 9.55 Å². The van der Waals surface area contributed by atoms with Crippen LogP contribution in [-0.2, 0) is 4.79 Å². The Morgan fingerprint density at radius 3 is 2.52 bits per heavy atom. The number of para-hydroxylation sites is 2. The summed E-state index contributed by atoms with van der Waals surface area (Å²) >= 11 is 0. The number of hydrogen-bond acceptors (Lipinski definition) is 2. The van der Waals surface area contributed by atoms with Gasteiger partial charge in [-0.05, 0) is 42.8 Å². The number of fused-ring (bicyclic) bond motifs is 1. The van der Waals surface area contributed by atoms with Gasteiger partial charge in [0, 0.05) is 16.8 Å². The van der Waals surface area contributed by atoms with Crippen molar-refractivity contribution in [3.05, 3.63) is 54.9 Å². The predicted molar refractivity (Wildman–Crippen MR) is 93.8 cm³/mol. The van der Waals surface area contributed by atoms with Crippen molar-refractivity contribution < 1.29 is 4.79 Å². The Bertz CT molecular complexity index is 831. The summed E-state index contributed by atoms with van der Waals surface area (Å²) in [5.41, 5.74) is 3.50. The van der Waals surface area contributed by atoms with Gasteiger partial charge in [0.1, 0.15) is 6.33 Å². The fraction of sp³-hybridized carbons (Fsp3) is 0.263. The minimum Gasteiger partial charge on any atom is -0.326 e. The number of rotatable bonds is 4. The molecule has 1 N–H and O–H groups in total. The summed E-state index contributed by atoms with van der Waals surface area (Å²) in [5, 5.41) is 2.98. The quantitative estimate of drug-likeness (QED) is 0.776. The van der Waals surface area contributed by atoms with E-state index >= 15 is 0 Å². The zero-order valence-corrected chi connectivity index (χ0v) is 13.7. The van der Waals surface area contributed by atoms with Crippen molar-refractivity contribution in [2.24, 2.45) is 5.41 Å². The lowest BCUT2D eigenvalue weighted by molar-refractivity contribution is -0.124. The Labute approximate surface area is 136 Å². The Kier molecular flexibility index (Phi) is 3.90. The van der Waals surface area contributed by atoms with Gasteiger partial charge in [-0.2, -0.15) is 0 Å². The van der Waals surface area contributed by atoms with Gasteiger partial charge in [0.25, 0.3) is 0 Å². The first-order chi connectivity index (χ1) is 11.0. The fourth-order valence-electron chi connectivity index (χ4n) is 2.33. The minimum absolute atomic E-state index is 0.0424. The molecule has 4 nitrogen and oxygen atoms in total. The maximum absolute atomic E-state index is 12.2. The van der Waals surface area contributed by atoms with Crippen LogP contribution in [0, 0.1) is 5.41 Å². The van der Waals surface area contributed by atoms with Gasteiger partial charge in [-0.3, -0.25) is 9.36 Å². The molecule has 3 aromatic rings. The van der Waals surface area contributed by atoms with Gasteiger partial charge in [-0.25, -0.2) is 4.98 Å². The molecule has 4 heteroatoms. The third-order valence-electron chi connectivity index (χ3n) is 4.36. The monoisotopic (exact) mass is 307 g/mol. The predicted octanol–water partition coefficient (Wildman–Crippen LogP) is 4.40. The molecule has 0 aliphatic heterocycles. The van der Waals surface area contributed by atoms with Gasteiger partial charge >= 0.3 is 0 Å². The largest absolute Gasteiger partial charge is 0.326 e. The van der Waals surface area contributed by atoms with Crippen LogP contribution in [0.25, 0.3) is 16.7 Å². The van der Waals surface area contributed by atoms with Crippen LogP contribution in [0.3, 0.4) is 0 Å². The summed E-state index contributed by atoms with van der Waals surface area (Å²) in [7, 11) is 0. The summed E-state index contributed by atoms with van der Waals surface area (Å²) in [6.45, 7) is 5.93. The van der Waals surface area contributed by atoms with Crippen LogP contribution in [-0.4, -0.2) is 15.5 Å². The van der Waals surface area contributed by atoms with Gasteiger partial charge in [0.2, 0.25) is 5.91 Å². The second-order valence-electron chi connectivity index (χ2n) is 6.34. The number of anilines is 1. The highest BCUT2D eigenvalue weighted by molar-refractivity contribution is 5.94. The molecule has 0 atom stereocenters. The maximum atomic E-state index is 12.2. The van der Waals surface area contributed by atoms with E-state index in [1.54, 1.807) is 0 Å². The van der Waals surface area contributed by atoms with Crippen LogP contribution >= 0.6 is 0 Å². The Hall–Kier alpha value is -2.62. The highest BCUT2D eigenvalue weighted by Crippen LogP contribution is 2.23. The summed E-state index contributed by atoms with van der Waals surface area (Å²) in [6.07, 6.45) is 2.62. The highest BCUT2D eigenvalue weighted by Gasteiger charge is 2.25. The van der Waals surface area contributed by atoms with Gasteiger partial charge in [-0.15, -0.1) is 0 Å². The van der Waals surface area contributed by atoms with Crippen LogP contribution in [0.5, 0.6) is 0 Å². The molecule has 118 valence electrons. The van der Waals surface area contributed by atoms with Crippen LogP contribution in [0.4, 0.5) is 5.69 Å². The van der Waals surface area contributed by atoms with Gasteiger partial charge < -0.3 is 5.32 Å². The second-order valence-corrected chi connectivity index (χ2v) is 6.34. The third kappa shape index (κ3) is 2.97. The molecule has 0 spiro atoms. The number of amides is 1. The number of benzene rings is 2. The van der Waals surface area contributed by atoms with E-state index in [-0.39, 0.29) is 11.3 Å². The summed E-state index contributed by atoms with van der Waals surface area (Å²) in [6, 6.07) is 15.8. The van der Waals surface area contributed by atoms with Crippen molar-refractivity contribution in [3.63, 3.8) is 0 Å². The number of nitrogens with one attached hydrogen (secondary N) is 1. The zero-order chi connectivity index (χ0) is 16.4. The topological polar surface area (TPSA) is 46.9 Å². The number of imidazole rings is 1. The SMILES string of the molecule is CCC(C)(C)C(=O)Nc1ccc(-n2cnc3ccccc32)cc1. The van der Waals surface area contributed by atoms with E-state index < -0.39 is 0 Å². The molecule has 0 saturated heterocycles. The molecule has 23 heavy (non-hydrogen) atoms. The van der Waals surface area contributed by atoms with Crippen LogP contribution in [0.15, 0.2) is 54.9 Å². The molecule has 0 saturated carbocycles. The van der Waals surface area contributed by atoms with E-state index in [0.717, 1.165) is 28.8 Å². The molecule has 1 amide bonds. The van der Waals surface area contributed by atoms with Crippen molar-refractivity contribution in [2.75, 3.05) is 5.32 Å². The zero-order valence-electron chi connectivity index (χ0n) is 13.7. The molecule has 3 rings (SSSR count). The number of nitrogens with zero attached hydrogens (tertiary/aromatic N) is 2. The van der Waals surface area contributed by atoms with E-state index in [4.69, 9.17) is 0 Å². The molecule has 1 aromatic heterocycles. The Balaban J connectivity index is 1.84. The normalized spacial score (nSPS) is 11.6. The number of hydrogen-bond donors (Lipinski definition) is 1. The maximum Gasteiger partial charge on any atom is 0.230 e. The molecule has 0 bridgehead atoms. The lowest BCUT2D eigenvalue weighted by Gasteiger charge is -2.21. The molecular formula is C19H21N3O. The molecule has 1 heterocycles. The molecular weight excluding hydrogens is 286 g/mol. The second kappa shape index (κ2) is 5.88. The Morgan fingerprint density at radius 1 is 1.13 bits per heavy atom. The summed E-state index contributed by atoms with van der Waals surface area (Å²) in [4.78, 5) is 16.6. The van der Waals surface area contributed by atoms with E-state index in [0.29, 0.717) is 0 Å². The van der Waals surface area contributed by atoms with Crippen molar-refractivity contribution in [2.45, 2.75) is 27.2 Å².